The molecule has 0 aromatic heterocycles. The van der Waals surface area contributed by atoms with Crippen LogP contribution in [0.15, 0.2) is 35.0 Å². The number of hydrogen-bond donors (Lipinski definition) is 1. The molecule has 1 aliphatic rings. The van der Waals surface area contributed by atoms with Crippen molar-refractivity contribution in [3.8, 4) is 11.5 Å². The third kappa shape index (κ3) is 3.96. The molecule has 1 heterocycles. The first kappa shape index (κ1) is 18.5. The van der Waals surface area contributed by atoms with Crippen LogP contribution in [-0.2, 0) is 4.79 Å². The highest BCUT2D eigenvalue weighted by Gasteiger charge is 2.29. The second-order valence-electron chi connectivity index (χ2n) is 4.90. The standard InChI is InChI=1S/C17H19BrN2O3S/c1-4-7-23-15-12(18)8-11(10-14(15)22-6-3)9-13-16(21)20(5-2)17(24)19-13/h4,8-10H,1,5-7H2,2-3H3,(H,19,24). The SMILES string of the molecule is C=CCOc1c(Br)cc(C=C2NC(=S)N(CC)C2=O)cc1OCC. The Hall–Kier alpha value is -1.86. The van der Waals surface area contributed by atoms with Gasteiger partial charge in [0, 0.05) is 6.54 Å². The number of amides is 1. The summed E-state index contributed by atoms with van der Waals surface area (Å²) in [5.41, 5.74) is 1.24. The largest absolute Gasteiger partial charge is 0.490 e. The van der Waals surface area contributed by atoms with Gasteiger partial charge in [-0.15, -0.1) is 0 Å². The fourth-order valence-electron chi connectivity index (χ4n) is 2.24. The van der Waals surface area contributed by atoms with Gasteiger partial charge in [0.05, 0.1) is 11.1 Å². The zero-order valence-electron chi connectivity index (χ0n) is 13.6. The first-order chi connectivity index (χ1) is 11.5. The Morgan fingerprint density at radius 3 is 2.71 bits per heavy atom. The average Bonchev–Trinajstić information content (AvgIpc) is 2.80. The van der Waals surface area contributed by atoms with E-state index in [4.69, 9.17) is 21.7 Å². The Bertz CT molecular complexity index is 703. The van der Waals surface area contributed by atoms with E-state index in [1.165, 1.54) is 4.90 Å². The molecule has 7 heteroatoms. The van der Waals surface area contributed by atoms with Gasteiger partial charge in [-0.2, -0.15) is 0 Å². The van der Waals surface area contributed by atoms with Crippen molar-refractivity contribution in [1.29, 1.82) is 0 Å². The van der Waals surface area contributed by atoms with E-state index in [0.29, 0.717) is 42.1 Å². The number of rotatable bonds is 7. The Morgan fingerprint density at radius 1 is 1.38 bits per heavy atom. The van der Waals surface area contributed by atoms with E-state index in [0.717, 1.165) is 10.0 Å². The minimum absolute atomic E-state index is 0.136. The van der Waals surface area contributed by atoms with Gasteiger partial charge in [0.2, 0.25) is 0 Å². The maximum absolute atomic E-state index is 12.3. The number of nitrogens with one attached hydrogen (secondary N) is 1. The van der Waals surface area contributed by atoms with Crippen molar-refractivity contribution in [2.45, 2.75) is 13.8 Å². The molecule has 1 aromatic rings. The maximum atomic E-state index is 12.3. The number of hydrogen-bond acceptors (Lipinski definition) is 4. The molecule has 128 valence electrons. The fourth-order valence-corrected chi connectivity index (χ4v) is 3.14. The quantitative estimate of drug-likeness (QED) is 0.423. The summed E-state index contributed by atoms with van der Waals surface area (Å²) >= 11 is 8.65. The molecule has 0 radical (unpaired) electrons. The molecule has 2 rings (SSSR count). The molecule has 1 amide bonds. The summed E-state index contributed by atoms with van der Waals surface area (Å²) in [5, 5.41) is 3.36. The molecule has 1 N–H and O–H groups in total. The number of thiocarbonyl (C=S) groups is 1. The van der Waals surface area contributed by atoms with Crippen molar-refractivity contribution in [2.75, 3.05) is 19.8 Å². The van der Waals surface area contributed by atoms with Gasteiger partial charge in [-0.25, -0.2) is 0 Å². The number of carbonyl (C=O) groups is 1. The summed E-state index contributed by atoms with van der Waals surface area (Å²) < 4.78 is 12.0. The lowest BCUT2D eigenvalue weighted by Gasteiger charge is -2.14. The van der Waals surface area contributed by atoms with Crippen molar-refractivity contribution < 1.29 is 14.3 Å². The van der Waals surface area contributed by atoms with Crippen molar-refractivity contribution in [1.82, 2.24) is 10.2 Å². The molecular formula is C17H19BrN2O3S. The van der Waals surface area contributed by atoms with Gasteiger partial charge in [-0.3, -0.25) is 9.69 Å². The molecular weight excluding hydrogens is 392 g/mol. The van der Waals surface area contributed by atoms with Crippen LogP contribution in [0, 0.1) is 0 Å². The predicted octanol–water partition coefficient (Wildman–Crippen LogP) is 3.49. The number of halogens is 1. The van der Waals surface area contributed by atoms with Gasteiger partial charge < -0.3 is 14.8 Å². The summed E-state index contributed by atoms with van der Waals surface area (Å²) in [7, 11) is 0. The van der Waals surface area contributed by atoms with E-state index in [9.17, 15) is 4.79 Å². The number of likely N-dealkylation sites (N-methyl/N-ethyl adjacent to an activating group) is 1. The lowest BCUT2D eigenvalue weighted by molar-refractivity contribution is -0.122. The van der Waals surface area contributed by atoms with E-state index in [1.807, 2.05) is 26.0 Å². The first-order valence-corrected chi connectivity index (χ1v) is 8.76. The molecule has 0 unspecified atom stereocenters. The minimum atomic E-state index is -0.136. The summed E-state index contributed by atoms with van der Waals surface area (Å²) in [6.07, 6.45) is 3.41. The van der Waals surface area contributed by atoms with Crippen LogP contribution in [0.4, 0.5) is 0 Å². The monoisotopic (exact) mass is 410 g/mol. The van der Waals surface area contributed by atoms with Crippen LogP contribution in [0.5, 0.6) is 11.5 Å². The highest BCUT2D eigenvalue weighted by Crippen LogP contribution is 2.37. The Balaban J connectivity index is 2.38. The number of nitrogens with zero attached hydrogens (tertiary/aromatic N) is 1. The van der Waals surface area contributed by atoms with Crippen LogP contribution in [0.2, 0.25) is 0 Å². The molecule has 0 saturated carbocycles. The van der Waals surface area contributed by atoms with Gasteiger partial charge >= 0.3 is 0 Å². The first-order valence-electron chi connectivity index (χ1n) is 7.56. The van der Waals surface area contributed by atoms with E-state index in [1.54, 1.807) is 12.2 Å². The molecule has 0 atom stereocenters. The summed E-state index contributed by atoms with van der Waals surface area (Å²) in [6.45, 7) is 8.83. The summed E-state index contributed by atoms with van der Waals surface area (Å²) in [5.74, 6) is 1.07. The van der Waals surface area contributed by atoms with Crippen molar-refractivity contribution in [3.05, 3.63) is 40.5 Å². The predicted molar refractivity (Wildman–Crippen MR) is 102 cm³/mol. The average molecular weight is 411 g/mol. The summed E-state index contributed by atoms with van der Waals surface area (Å²) in [6, 6.07) is 3.69. The number of benzene rings is 1. The molecule has 5 nitrogen and oxygen atoms in total. The zero-order chi connectivity index (χ0) is 17.7. The normalized spacial score (nSPS) is 15.6. The highest BCUT2D eigenvalue weighted by molar-refractivity contribution is 9.10. The molecule has 1 fully saturated rings. The van der Waals surface area contributed by atoms with Gasteiger partial charge in [0.15, 0.2) is 16.6 Å². The maximum Gasteiger partial charge on any atom is 0.276 e. The Labute approximate surface area is 155 Å². The third-order valence-corrected chi connectivity index (χ3v) is 4.18. The Morgan fingerprint density at radius 2 is 2.12 bits per heavy atom. The second-order valence-corrected chi connectivity index (χ2v) is 6.14. The molecule has 1 aliphatic heterocycles. The van der Waals surface area contributed by atoms with E-state index in [-0.39, 0.29) is 5.91 Å². The lowest BCUT2D eigenvalue weighted by atomic mass is 10.1. The van der Waals surface area contributed by atoms with Crippen LogP contribution in [0.3, 0.4) is 0 Å². The van der Waals surface area contributed by atoms with Crippen molar-refractivity contribution in [3.63, 3.8) is 0 Å². The van der Waals surface area contributed by atoms with Gasteiger partial charge in [-0.1, -0.05) is 12.7 Å². The Kier molecular flexibility index (Phi) is 6.39. The van der Waals surface area contributed by atoms with Crippen molar-refractivity contribution in [2.24, 2.45) is 0 Å². The molecule has 0 spiro atoms. The highest BCUT2D eigenvalue weighted by atomic mass is 79.9. The van der Waals surface area contributed by atoms with E-state index < -0.39 is 0 Å². The van der Waals surface area contributed by atoms with Gasteiger partial charge in [0.25, 0.3) is 5.91 Å². The van der Waals surface area contributed by atoms with Gasteiger partial charge in [-0.05, 0) is 65.8 Å². The van der Waals surface area contributed by atoms with Gasteiger partial charge in [0.1, 0.15) is 12.3 Å². The van der Waals surface area contributed by atoms with E-state index >= 15 is 0 Å². The zero-order valence-corrected chi connectivity index (χ0v) is 16.0. The number of ether oxygens (including phenoxy) is 2. The van der Waals surface area contributed by atoms with Crippen LogP contribution < -0.4 is 14.8 Å². The molecule has 1 aromatic carbocycles. The summed E-state index contributed by atoms with van der Waals surface area (Å²) in [4.78, 5) is 13.8. The fraction of sp³-hybridized carbons (Fsp3) is 0.294. The van der Waals surface area contributed by atoms with Crippen molar-refractivity contribution >= 4 is 45.2 Å². The molecule has 24 heavy (non-hydrogen) atoms. The molecule has 1 saturated heterocycles. The minimum Gasteiger partial charge on any atom is -0.490 e. The van der Waals surface area contributed by atoms with Crippen LogP contribution >= 0.6 is 28.1 Å². The number of carbonyl (C=O) groups excluding carboxylic acids is 1. The lowest BCUT2D eigenvalue weighted by Crippen LogP contribution is -2.30. The smallest absolute Gasteiger partial charge is 0.276 e. The molecule has 0 aliphatic carbocycles. The molecule has 0 bridgehead atoms. The third-order valence-electron chi connectivity index (χ3n) is 3.27. The van der Waals surface area contributed by atoms with Crippen LogP contribution in [-0.4, -0.2) is 35.7 Å². The topological polar surface area (TPSA) is 50.8 Å². The van der Waals surface area contributed by atoms with E-state index in [2.05, 4.69) is 27.8 Å². The second kappa shape index (κ2) is 8.30. The van der Waals surface area contributed by atoms with Crippen LogP contribution in [0.25, 0.3) is 6.08 Å². The van der Waals surface area contributed by atoms with Crippen LogP contribution in [0.1, 0.15) is 19.4 Å².